The van der Waals surface area contributed by atoms with E-state index in [1.807, 2.05) is 0 Å². The third kappa shape index (κ3) is 2.59. The topological polar surface area (TPSA) is 92.7 Å². The smallest absolute Gasteiger partial charge is 0.335 e. The third-order valence-electron chi connectivity index (χ3n) is 2.44. The summed E-state index contributed by atoms with van der Waals surface area (Å²) in [5, 5.41) is 11.1. The van der Waals surface area contributed by atoms with Crippen LogP contribution in [-0.2, 0) is 19.1 Å². The van der Waals surface area contributed by atoms with Gasteiger partial charge in [0.05, 0.1) is 25.0 Å². The molecule has 6 nitrogen and oxygen atoms in total. The first-order chi connectivity index (χ1) is 7.45. The molecule has 0 aromatic carbocycles. The highest BCUT2D eigenvalue weighted by Crippen LogP contribution is 2.23. The molecule has 1 unspecified atom stereocenters. The number of carbonyl (C=O) groups excluding carboxylic acids is 2. The van der Waals surface area contributed by atoms with Crippen molar-refractivity contribution in [1.29, 1.82) is 0 Å². The Labute approximate surface area is 92.3 Å². The van der Waals surface area contributed by atoms with Gasteiger partial charge in [0.15, 0.2) is 0 Å². The molecule has 1 aliphatic rings. The van der Waals surface area contributed by atoms with E-state index in [1.54, 1.807) is 6.92 Å². The summed E-state index contributed by atoms with van der Waals surface area (Å²) >= 11 is 0. The molecule has 6 heteroatoms. The highest BCUT2D eigenvalue weighted by Gasteiger charge is 2.31. The normalized spacial score (nSPS) is 20.4. The second-order valence-corrected chi connectivity index (χ2v) is 3.58. The summed E-state index contributed by atoms with van der Waals surface area (Å²) in [5.41, 5.74) is 0.756. The van der Waals surface area contributed by atoms with Crippen LogP contribution in [0, 0.1) is 5.92 Å². The summed E-state index contributed by atoms with van der Waals surface area (Å²) in [6.45, 7) is 1.58. The molecule has 0 saturated heterocycles. The van der Waals surface area contributed by atoms with E-state index in [2.05, 4.69) is 10.1 Å². The number of esters is 1. The first-order valence-corrected chi connectivity index (χ1v) is 4.76. The monoisotopic (exact) mass is 227 g/mol. The predicted octanol–water partition coefficient (Wildman–Crippen LogP) is 0.0442. The minimum Gasteiger partial charge on any atom is -0.481 e. The predicted molar refractivity (Wildman–Crippen MR) is 53.2 cm³/mol. The lowest BCUT2D eigenvalue weighted by molar-refractivity contribution is -0.142. The fourth-order valence-corrected chi connectivity index (χ4v) is 1.59. The number of ether oxygens (including phenoxy) is 1. The van der Waals surface area contributed by atoms with Crippen molar-refractivity contribution in [2.45, 2.75) is 19.8 Å². The van der Waals surface area contributed by atoms with Gasteiger partial charge >= 0.3 is 11.9 Å². The molecule has 0 aromatic rings. The highest BCUT2D eigenvalue weighted by atomic mass is 16.5. The minimum absolute atomic E-state index is 0.108. The molecule has 0 bridgehead atoms. The van der Waals surface area contributed by atoms with Crippen LogP contribution in [0.15, 0.2) is 11.3 Å². The molecule has 88 valence electrons. The van der Waals surface area contributed by atoms with Crippen LogP contribution in [-0.4, -0.2) is 30.1 Å². The van der Waals surface area contributed by atoms with Crippen LogP contribution in [0.25, 0.3) is 0 Å². The van der Waals surface area contributed by atoms with Gasteiger partial charge in [0, 0.05) is 5.70 Å². The molecule has 0 aliphatic carbocycles. The van der Waals surface area contributed by atoms with E-state index in [9.17, 15) is 14.4 Å². The SMILES string of the molecule is COC(=O)C1=C(C)NC(=O)C(CC(=O)O)C1. The molecule has 0 spiro atoms. The molecular weight excluding hydrogens is 214 g/mol. The molecule has 1 aliphatic heterocycles. The number of carboxylic acid groups (broad SMARTS) is 1. The Kier molecular flexibility index (Phi) is 3.65. The lowest BCUT2D eigenvalue weighted by Crippen LogP contribution is -2.37. The Morgan fingerprint density at radius 2 is 2.19 bits per heavy atom. The number of amides is 1. The summed E-state index contributed by atoms with van der Waals surface area (Å²) in [6.07, 6.45) is -0.184. The van der Waals surface area contributed by atoms with Gasteiger partial charge in [-0.05, 0) is 13.3 Å². The van der Waals surface area contributed by atoms with Crippen LogP contribution < -0.4 is 5.32 Å². The quantitative estimate of drug-likeness (QED) is 0.664. The van der Waals surface area contributed by atoms with Crippen molar-refractivity contribution in [3.05, 3.63) is 11.3 Å². The van der Waals surface area contributed by atoms with Crippen molar-refractivity contribution in [2.75, 3.05) is 7.11 Å². The van der Waals surface area contributed by atoms with Crippen LogP contribution in [0.3, 0.4) is 0 Å². The molecule has 0 saturated carbocycles. The molecule has 0 fully saturated rings. The molecule has 16 heavy (non-hydrogen) atoms. The Morgan fingerprint density at radius 1 is 1.56 bits per heavy atom. The molecule has 0 aromatic heterocycles. The first-order valence-electron chi connectivity index (χ1n) is 4.76. The third-order valence-corrected chi connectivity index (χ3v) is 2.44. The largest absolute Gasteiger partial charge is 0.481 e. The summed E-state index contributed by atoms with van der Waals surface area (Å²) in [5.74, 6) is -2.68. The van der Waals surface area contributed by atoms with Gasteiger partial charge in [-0.3, -0.25) is 9.59 Å². The van der Waals surface area contributed by atoms with Gasteiger partial charge in [-0.2, -0.15) is 0 Å². The maximum absolute atomic E-state index is 11.4. The zero-order valence-corrected chi connectivity index (χ0v) is 9.07. The number of carboxylic acids is 1. The van der Waals surface area contributed by atoms with Gasteiger partial charge in [0.2, 0.25) is 5.91 Å². The standard InChI is InChI=1S/C10H13NO5/c1-5-7(10(15)16-2)3-6(4-8(12)13)9(14)11-5/h6H,3-4H2,1-2H3,(H,11,14)(H,12,13). The molecule has 1 atom stereocenters. The van der Waals surface area contributed by atoms with Crippen LogP contribution in [0.2, 0.25) is 0 Å². The maximum Gasteiger partial charge on any atom is 0.335 e. The molecule has 2 N–H and O–H groups in total. The molecule has 1 heterocycles. The number of hydrogen-bond donors (Lipinski definition) is 2. The summed E-state index contributed by atoms with van der Waals surface area (Å²) in [6, 6.07) is 0. The van der Waals surface area contributed by atoms with Gasteiger partial charge in [-0.25, -0.2) is 4.79 Å². The van der Waals surface area contributed by atoms with Crippen LogP contribution in [0.5, 0.6) is 0 Å². The fraction of sp³-hybridized carbons (Fsp3) is 0.500. The van der Waals surface area contributed by atoms with Crippen LogP contribution in [0.1, 0.15) is 19.8 Å². The van der Waals surface area contributed by atoms with E-state index in [0.717, 1.165) is 0 Å². The van der Waals surface area contributed by atoms with Crippen molar-refractivity contribution in [2.24, 2.45) is 5.92 Å². The summed E-state index contributed by atoms with van der Waals surface area (Å²) in [4.78, 5) is 33.3. The Morgan fingerprint density at radius 3 is 2.69 bits per heavy atom. The van der Waals surface area contributed by atoms with E-state index in [-0.39, 0.29) is 18.7 Å². The van der Waals surface area contributed by atoms with Crippen molar-refractivity contribution in [3.63, 3.8) is 0 Å². The number of allylic oxidation sites excluding steroid dienone is 1. The Balaban J connectivity index is 2.87. The molecule has 0 radical (unpaired) electrons. The summed E-state index contributed by atoms with van der Waals surface area (Å²) in [7, 11) is 1.24. The van der Waals surface area contributed by atoms with Crippen molar-refractivity contribution in [1.82, 2.24) is 5.32 Å². The van der Waals surface area contributed by atoms with E-state index >= 15 is 0 Å². The highest BCUT2D eigenvalue weighted by molar-refractivity contribution is 5.95. The van der Waals surface area contributed by atoms with Gasteiger partial charge in [-0.1, -0.05) is 0 Å². The summed E-state index contributed by atoms with van der Waals surface area (Å²) < 4.78 is 4.55. The zero-order valence-electron chi connectivity index (χ0n) is 9.07. The lowest BCUT2D eigenvalue weighted by Gasteiger charge is -2.23. The Hall–Kier alpha value is -1.85. The first kappa shape index (κ1) is 12.2. The van der Waals surface area contributed by atoms with Crippen LogP contribution in [0.4, 0.5) is 0 Å². The van der Waals surface area contributed by atoms with Gasteiger partial charge in [-0.15, -0.1) is 0 Å². The number of aliphatic carboxylic acids is 1. The fourth-order valence-electron chi connectivity index (χ4n) is 1.59. The van der Waals surface area contributed by atoms with Gasteiger partial charge in [0.1, 0.15) is 0 Å². The second kappa shape index (κ2) is 4.78. The zero-order chi connectivity index (χ0) is 12.3. The molecule has 1 rings (SSSR count). The number of methoxy groups -OCH3 is 1. The minimum atomic E-state index is -1.07. The second-order valence-electron chi connectivity index (χ2n) is 3.58. The average molecular weight is 227 g/mol. The van der Waals surface area contributed by atoms with Crippen molar-refractivity contribution >= 4 is 17.8 Å². The van der Waals surface area contributed by atoms with Crippen LogP contribution >= 0.6 is 0 Å². The molecule has 1 amide bonds. The average Bonchev–Trinajstić information content (AvgIpc) is 2.20. The van der Waals surface area contributed by atoms with E-state index in [0.29, 0.717) is 11.3 Å². The van der Waals surface area contributed by atoms with E-state index in [1.165, 1.54) is 7.11 Å². The number of nitrogens with one attached hydrogen (secondary N) is 1. The van der Waals surface area contributed by atoms with Crippen molar-refractivity contribution < 1.29 is 24.2 Å². The number of hydrogen-bond acceptors (Lipinski definition) is 4. The maximum atomic E-state index is 11.4. The van der Waals surface area contributed by atoms with E-state index < -0.39 is 17.9 Å². The Bertz CT molecular complexity index is 371. The van der Waals surface area contributed by atoms with Gasteiger partial charge in [0.25, 0.3) is 0 Å². The number of rotatable bonds is 3. The number of carbonyl (C=O) groups is 3. The van der Waals surface area contributed by atoms with E-state index in [4.69, 9.17) is 5.11 Å². The lowest BCUT2D eigenvalue weighted by atomic mass is 9.91. The van der Waals surface area contributed by atoms with Crippen molar-refractivity contribution in [3.8, 4) is 0 Å². The van der Waals surface area contributed by atoms with Gasteiger partial charge < -0.3 is 15.2 Å². The molecular formula is C10H13NO5.